The molecule has 0 aliphatic carbocycles. The lowest BCUT2D eigenvalue weighted by molar-refractivity contribution is -0.278. The summed E-state index contributed by atoms with van der Waals surface area (Å²) < 4.78 is 12.6. The molecule has 1 unspecified atom stereocenters. The van der Waals surface area contributed by atoms with E-state index >= 15 is 0 Å². The average molecular weight is 336 g/mol. The summed E-state index contributed by atoms with van der Waals surface area (Å²) in [6.07, 6.45) is -6.66. The van der Waals surface area contributed by atoms with Gasteiger partial charge in [-0.05, 0) is 19.1 Å². The van der Waals surface area contributed by atoms with Crippen molar-refractivity contribution in [3.8, 4) is 11.6 Å². The van der Waals surface area contributed by atoms with Crippen molar-refractivity contribution in [2.24, 2.45) is 0 Å². The van der Waals surface area contributed by atoms with Gasteiger partial charge in [0.2, 0.25) is 12.2 Å². The van der Waals surface area contributed by atoms with E-state index in [9.17, 15) is 20.4 Å². The lowest BCUT2D eigenvalue weighted by atomic mass is 9.99. The smallest absolute Gasteiger partial charge is 0.231 e. The van der Waals surface area contributed by atoms with E-state index in [-0.39, 0.29) is 0 Å². The van der Waals surface area contributed by atoms with Gasteiger partial charge >= 0.3 is 0 Å². The average Bonchev–Trinajstić information content (AvgIpc) is 2.96. The summed E-state index contributed by atoms with van der Waals surface area (Å²) in [7, 11) is 0. The molecule has 4 N–H and O–H groups in total. The number of aryl methyl sites for hydroxylation is 1. The summed E-state index contributed by atoms with van der Waals surface area (Å²) in [5.41, 5.74) is 1.45. The predicted molar refractivity (Wildman–Crippen MR) is 82.7 cm³/mol. The third-order valence-corrected chi connectivity index (χ3v) is 3.88. The summed E-state index contributed by atoms with van der Waals surface area (Å²) in [6, 6.07) is 10.9. The van der Waals surface area contributed by atoms with E-state index in [1.165, 1.54) is 4.68 Å². The van der Waals surface area contributed by atoms with E-state index in [2.05, 4.69) is 5.10 Å². The molecule has 0 radical (unpaired) electrons. The highest BCUT2D eigenvalue weighted by atomic mass is 16.7. The second kappa shape index (κ2) is 6.88. The van der Waals surface area contributed by atoms with E-state index in [0.717, 1.165) is 5.69 Å². The van der Waals surface area contributed by atoms with Crippen LogP contribution in [0.4, 0.5) is 0 Å². The van der Waals surface area contributed by atoms with Crippen LogP contribution in [0.2, 0.25) is 0 Å². The fraction of sp³-hybridized carbons (Fsp3) is 0.438. The Morgan fingerprint density at radius 2 is 1.83 bits per heavy atom. The zero-order valence-corrected chi connectivity index (χ0v) is 13.1. The van der Waals surface area contributed by atoms with Crippen molar-refractivity contribution in [3.63, 3.8) is 0 Å². The van der Waals surface area contributed by atoms with E-state index in [1.54, 1.807) is 13.0 Å². The monoisotopic (exact) mass is 336 g/mol. The Kier molecular flexibility index (Phi) is 4.83. The van der Waals surface area contributed by atoms with Crippen LogP contribution >= 0.6 is 0 Å². The third kappa shape index (κ3) is 3.14. The van der Waals surface area contributed by atoms with Crippen molar-refractivity contribution in [1.82, 2.24) is 9.78 Å². The van der Waals surface area contributed by atoms with E-state index < -0.39 is 37.3 Å². The first-order chi connectivity index (χ1) is 11.5. The van der Waals surface area contributed by atoms with E-state index in [0.29, 0.717) is 11.6 Å². The fourth-order valence-electron chi connectivity index (χ4n) is 2.60. The highest BCUT2D eigenvalue weighted by Crippen LogP contribution is 2.26. The molecule has 8 heteroatoms. The molecule has 5 atom stereocenters. The van der Waals surface area contributed by atoms with Gasteiger partial charge in [0.25, 0.3) is 0 Å². The predicted octanol–water partition coefficient (Wildman–Crippen LogP) is -0.641. The second-order valence-electron chi connectivity index (χ2n) is 5.69. The van der Waals surface area contributed by atoms with Gasteiger partial charge in [-0.2, -0.15) is 5.10 Å². The molecule has 1 aliphatic rings. The quantitative estimate of drug-likeness (QED) is 0.587. The molecule has 0 spiro atoms. The van der Waals surface area contributed by atoms with Gasteiger partial charge in [-0.3, -0.25) is 0 Å². The number of nitrogens with zero attached hydrogens (tertiary/aromatic N) is 2. The lowest BCUT2D eigenvalue weighted by Gasteiger charge is -2.39. The number of hydrogen-bond donors (Lipinski definition) is 4. The van der Waals surface area contributed by atoms with Crippen molar-refractivity contribution in [1.29, 1.82) is 0 Å². The molecule has 1 fully saturated rings. The first-order valence-electron chi connectivity index (χ1n) is 7.60. The van der Waals surface area contributed by atoms with Gasteiger partial charge < -0.3 is 29.9 Å². The van der Waals surface area contributed by atoms with Crippen LogP contribution in [0.1, 0.15) is 5.69 Å². The summed E-state index contributed by atoms with van der Waals surface area (Å²) in [5.74, 6) is 0.308. The molecule has 0 amide bonds. The summed E-state index contributed by atoms with van der Waals surface area (Å²) in [6.45, 7) is 1.28. The number of benzene rings is 1. The van der Waals surface area contributed by atoms with Gasteiger partial charge in [0.05, 0.1) is 18.0 Å². The molecular formula is C16H20N2O6. The molecule has 0 saturated carbocycles. The number of aromatic nitrogens is 2. The summed E-state index contributed by atoms with van der Waals surface area (Å²) >= 11 is 0. The Morgan fingerprint density at radius 3 is 2.50 bits per heavy atom. The molecule has 8 nitrogen and oxygen atoms in total. The van der Waals surface area contributed by atoms with Gasteiger partial charge in [0.15, 0.2) is 0 Å². The highest BCUT2D eigenvalue weighted by Gasteiger charge is 2.45. The normalized spacial score (nSPS) is 30.3. The number of hydrogen-bond acceptors (Lipinski definition) is 7. The van der Waals surface area contributed by atoms with Crippen LogP contribution < -0.4 is 4.74 Å². The molecule has 0 bridgehead atoms. The van der Waals surface area contributed by atoms with Crippen molar-refractivity contribution >= 4 is 0 Å². The zero-order chi connectivity index (χ0) is 17.3. The Morgan fingerprint density at radius 1 is 1.12 bits per heavy atom. The SMILES string of the molecule is Cc1cc(OC2O[C@H](CO)[C@@H](O)[C@H](O)[C@H]2O)n(-c2ccccc2)n1. The first-order valence-corrected chi connectivity index (χ1v) is 7.60. The van der Waals surface area contributed by atoms with Gasteiger partial charge in [-0.1, -0.05) is 18.2 Å². The Bertz CT molecular complexity index is 674. The van der Waals surface area contributed by atoms with Crippen molar-refractivity contribution in [3.05, 3.63) is 42.1 Å². The number of para-hydroxylation sites is 1. The van der Waals surface area contributed by atoms with Crippen LogP contribution in [0, 0.1) is 6.92 Å². The maximum atomic E-state index is 10.1. The standard InChI is InChI=1S/C16H20N2O6/c1-9-7-12(18(17-9)10-5-3-2-4-6-10)24-16-15(22)14(21)13(20)11(8-19)23-16/h2-7,11,13-16,19-22H,8H2,1H3/t11-,13-,14+,15-,16?/m1/s1. The Hall–Kier alpha value is -1.97. The summed E-state index contributed by atoms with van der Waals surface area (Å²) in [5, 5.41) is 43.3. The first kappa shape index (κ1) is 16.9. The van der Waals surface area contributed by atoms with Crippen LogP contribution in [0.3, 0.4) is 0 Å². The molecule has 130 valence electrons. The fourth-order valence-corrected chi connectivity index (χ4v) is 2.60. The van der Waals surface area contributed by atoms with Gasteiger partial charge in [0, 0.05) is 6.07 Å². The minimum Gasteiger partial charge on any atom is -0.445 e. The zero-order valence-electron chi connectivity index (χ0n) is 13.1. The molecular weight excluding hydrogens is 316 g/mol. The molecule has 2 heterocycles. The van der Waals surface area contributed by atoms with Gasteiger partial charge in [-0.15, -0.1) is 0 Å². The molecule has 1 aromatic heterocycles. The second-order valence-corrected chi connectivity index (χ2v) is 5.69. The van der Waals surface area contributed by atoms with E-state index in [1.807, 2.05) is 30.3 Å². The molecule has 1 aromatic carbocycles. The molecule has 24 heavy (non-hydrogen) atoms. The number of ether oxygens (including phenoxy) is 2. The van der Waals surface area contributed by atoms with Crippen LogP contribution in [0.25, 0.3) is 5.69 Å². The number of aliphatic hydroxyl groups is 4. The highest BCUT2D eigenvalue weighted by molar-refractivity contribution is 5.35. The maximum absolute atomic E-state index is 10.1. The topological polar surface area (TPSA) is 117 Å². The number of rotatable bonds is 4. The molecule has 1 saturated heterocycles. The van der Waals surface area contributed by atoms with Crippen molar-refractivity contribution in [2.75, 3.05) is 6.61 Å². The van der Waals surface area contributed by atoms with Crippen molar-refractivity contribution < 1.29 is 29.9 Å². The lowest BCUT2D eigenvalue weighted by Crippen LogP contribution is -2.60. The molecule has 1 aliphatic heterocycles. The van der Waals surface area contributed by atoms with Crippen LogP contribution in [0.5, 0.6) is 5.88 Å². The molecule has 3 rings (SSSR count). The summed E-state index contributed by atoms with van der Waals surface area (Å²) in [4.78, 5) is 0. The Balaban J connectivity index is 1.86. The van der Waals surface area contributed by atoms with Crippen LogP contribution in [-0.4, -0.2) is 67.5 Å². The van der Waals surface area contributed by atoms with Gasteiger partial charge in [0.1, 0.15) is 24.4 Å². The number of aliphatic hydroxyl groups excluding tert-OH is 4. The van der Waals surface area contributed by atoms with Crippen LogP contribution in [-0.2, 0) is 4.74 Å². The van der Waals surface area contributed by atoms with Crippen molar-refractivity contribution in [2.45, 2.75) is 37.6 Å². The van der Waals surface area contributed by atoms with Gasteiger partial charge in [-0.25, -0.2) is 4.68 Å². The minimum absolute atomic E-state index is 0.308. The van der Waals surface area contributed by atoms with Crippen LogP contribution in [0.15, 0.2) is 36.4 Å². The maximum Gasteiger partial charge on any atom is 0.231 e. The largest absolute Gasteiger partial charge is 0.445 e. The molecule has 2 aromatic rings. The Labute approximate surface area is 138 Å². The minimum atomic E-state index is -1.49. The van der Waals surface area contributed by atoms with E-state index in [4.69, 9.17) is 9.47 Å². The third-order valence-electron chi connectivity index (χ3n) is 3.88.